The van der Waals surface area contributed by atoms with Gasteiger partial charge in [-0.05, 0) is 24.1 Å². The van der Waals surface area contributed by atoms with E-state index in [1.54, 1.807) is 12.4 Å². The van der Waals surface area contributed by atoms with Crippen LogP contribution in [-0.4, -0.2) is 19.9 Å². The van der Waals surface area contributed by atoms with Gasteiger partial charge in [-0.1, -0.05) is 25.1 Å². The number of aliphatic hydroxyl groups is 1. The highest BCUT2D eigenvalue weighted by Gasteiger charge is 2.15. The van der Waals surface area contributed by atoms with E-state index in [2.05, 4.69) is 17.0 Å². The minimum Gasteiger partial charge on any atom is -0.384 e. The summed E-state index contributed by atoms with van der Waals surface area (Å²) in [7, 11) is 0. The molecule has 1 aromatic carbocycles. The average molecular weight is 267 g/mol. The van der Waals surface area contributed by atoms with Crippen LogP contribution in [0, 0.1) is 0 Å². The lowest BCUT2D eigenvalue weighted by Crippen LogP contribution is -2.01. The second-order valence-corrected chi connectivity index (χ2v) is 4.86. The lowest BCUT2D eigenvalue weighted by molar-refractivity contribution is 0.221. The van der Waals surface area contributed by atoms with Gasteiger partial charge in [0, 0.05) is 29.9 Å². The molecule has 0 amide bonds. The van der Waals surface area contributed by atoms with Crippen LogP contribution in [0.1, 0.15) is 30.6 Å². The molecule has 0 saturated carbocycles. The summed E-state index contributed by atoms with van der Waals surface area (Å²) < 4.78 is 1.86. The van der Waals surface area contributed by atoms with E-state index < -0.39 is 6.10 Å². The molecular formula is C16H17N3O. The zero-order valence-electron chi connectivity index (χ0n) is 11.4. The Bertz CT molecular complexity index is 715. The molecule has 102 valence electrons. The molecule has 0 radical (unpaired) electrons. The van der Waals surface area contributed by atoms with Crippen molar-refractivity contribution < 1.29 is 5.11 Å². The molecule has 1 unspecified atom stereocenters. The van der Waals surface area contributed by atoms with Crippen LogP contribution >= 0.6 is 0 Å². The van der Waals surface area contributed by atoms with Gasteiger partial charge in [0.25, 0.3) is 0 Å². The van der Waals surface area contributed by atoms with Crippen LogP contribution in [0.5, 0.6) is 0 Å². The normalized spacial score (nSPS) is 12.7. The maximum absolute atomic E-state index is 10.6. The van der Waals surface area contributed by atoms with Crippen LogP contribution in [-0.2, 0) is 6.54 Å². The number of aryl methyl sites for hydroxylation is 1. The topological polar surface area (TPSA) is 50.9 Å². The summed E-state index contributed by atoms with van der Waals surface area (Å²) in [6.07, 6.45) is 5.72. The summed E-state index contributed by atoms with van der Waals surface area (Å²) in [6, 6.07) is 9.71. The molecule has 0 saturated heterocycles. The van der Waals surface area contributed by atoms with Crippen LogP contribution in [0.3, 0.4) is 0 Å². The summed E-state index contributed by atoms with van der Waals surface area (Å²) in [5.74, 6) is 0. The second kappa shape index (κ2) is 5.43. The number of para-hydroxylation sites is 1. The number of aliphatic hydroxyl groups excluding tert-OH is 1. The van der Waals surface area contributed by atoms with Crippen molar-refractivity contribution in [1.29, 1.82) is 0 Å². The highest BCUT2D eigenvalue weighted by molar-refractivity contribution is 5.82. The monoisotopic (exact) mass is 267 g/mol. The van der Waals surface area contributed by atoms with Gasteiger partial charge in [-0.15, -0.1) is 0 Å². The molecule has 2 heterocycles. The van der Waals surface area contributed by atoms with E-state index in [-0.39, 0.29) is 0 Å². The molecule has 0 spiro atoms. The molecule has 1 atom stereocenters. The first kappa shape index (κ1) is 12.8. The van der Waals surface area contributed by atoms with Gasteiger partial charge >= 0.3 is 0 Å². The fourth-order valence-corrected chi connectivity index (χ4v) is 2.41. The average Bonchev–Trinajstić information content (AvgIpc) is 2.95. The van der Waals surface area contributed by atoms with E-state index in [9.17, 15) is 5.11 Å². The van der Waals surface area contributed by atoms with Crippen molar-refractivity contribution in [2.75, 3.05) is 0 Å². The minimum absolute atomic E-state index is 0.673. The fraction of sp³-hybridized carbons (Fsp3) is 0.250. The third kappa shape index (κ3) is 2.30. The van der Waals surface area contributed by atoms with E-state index in [4.69, 9.17) is 0 Å². The molecule has 20 heavy (non-hydrogen) atoms. The number of benzene rings is 1. The molecule has 3 aromatic rings. The third-order valence-electron chi connectivity index (χ3n) is 3.40. The van der Waals surface area contributed by atoms with Crippen LogP contribution in [0.2, 0.25) is 0 Å². The van der Waals surface area contributed by atoms with Crippen molar-refractivity contribution in [2.45, 2.75) is 26.0 Å². The number of pyridine rings is 1. The molecule has 4 heteroatoms. The highest BCUT2D eigenvalue weighted by Crippen LogP contribution is 2.27. The van der Waals surface area contributed by atoms with E-state index in [0.29, 0.717) is 0 Å². The van der Waals surface area contributed by atoms with Gasteiger partial charge in [-0.2, -0.15) is 5.10 Å². The van der Waals surface area contributed by atoms with Crippen molar-refractivity contribution >= 4 is 10.9 Å². The molecule has 3 rings (SSSR count). The Balaban J connectivity index is 2.01. The van der Waals surface area contributed by atoms with Crippen LogP contribution in [0.15, 0.2) is 48.9 Å². The van der Waals surface area contributed by atoms with Gasteiger partial charge in [-0.3, -0.25) is 9.67 Å². The van der Waals surface area contributed by atoms with Gasteiger partial charge in [0.05, 0.1) is 11.7 Å². The standard InChI is InChI=1S/C16H17N3O/c1-2-9-19-11-12(10-18-19)16(20)14-7-8-17-15-6-4-3-5-13(14)15/h3-8,10-11,16,20H,2,9H2,1H3. The van der Waals surface area contributed by atoms with Crippen molar-refractivity contribution in [1.82, 2.24) is 14.8 Å². The summed E-state index contributed by atoms with van der Waals surface area (Å²) in [5, 5.41) is 15.8. The van der Waals surface area contributed by atoms with Crippen LogP contribution in [0.4, 0.5) is 0 Å². The molecule has 0 aliphatic carbocycles. The number of rotatable bonds is 4. The fourth-order valence-electron chi connectivity index (χ4n) is 2.41. The zero-order valence-corrected chi connectivity index (χ0v) is 11.4. The van der Waals surface area contributed by atoms with Gasteiger partial charge in [-0.25, -0.2) is 0 Å². The number of hydrogen-bond acceptors (Lipinski definition) is 3. The number of hydrogen-bond donors (Lipinski definition) is 1. The number of fused-ring (bicyclic) bond motifs is 1. The SMILES string of the molecule is CCCn1cc(C(O)c2ccnc3ccccc23)cn1. The Hall–Kier alpha value is -2.20. The van der Waals surface area contributed by atoms with E-state index >= 15 is 0 Å². The Morgan fingerprint density at radius 2 is 2.10 bits per heavy atom. The van der Waals surface area contributed by atoms with E-state index in [1.807, 2.05) is 41.2 Å². The molecule has 0 aliphatic heterocycles. The molecule has 0 aliphatic rings. The van der Waals surface area contributed by atoms with Crippen molar-refractivity contribution in [3.8, 4) is 0 Å². The Morgan fingerprint density at radius 1 is 1.25 bits per heavy atom. The summed E-state index contributed by atoms with van der Waals surface area (Å²) in [5.41, 5.74) is 2.58. The molecular weight excluding hydrogens is 250 g/mol. The first-order valence-electron chi connectivity index (χ1n) is 6.83. The smallest absolute Gasteiger partial charge is 0.108 e. The predicted molar refractivity (Wildman–Crippen MR) is 78.3 cm³/mol. The molecule has 1 N–H and O–H groups in total. The Labute approximate surface area is 117 Å². The van der Waals surface area contributed by atoms with Crippen molar-refractivity contribution in [3.63, 3.8) is 0 Å². The highest BCUT2D eigenvalue weighted by atomic mass is 16.3. The molecule has 0 bridgehead atoms. The van der Waals surface area contributed by atoms with Crippen LogP contribution < -0.4 is 0 Å². The summed E-state index contributed by atoms with van der Waals surface area (Å²) in [6.45, 7) is 2.97. The third-order valence-corrected chi connectivity index (χ3v) is 3.40. The largest absolute Gasteiger partial charge is 0.384 e. The van der Waals surface area contributed by atoms with E-state index in [1.165, 1.54) is 0 Å². The zero-order chi connectivity index (χ0) is 13.9. The van der Waals surface area contributed by atoms with Gasteiger partial charge in [0.1, 0.15) is 6.10 Å². The quantitative estimate of drug-likeness (QED) is 0.790. The summed E-state index contributed by atoms with van der Waals surface area (Å²) >= 11 is 0. The van der Waals surface area contributed by atoms with E-state index in [0.717, 1.165) is 35.0 Å². The van der Waals surface area contributed by atoms with Gasteiger partial charge < -0.3 is 5.11 Å². The minimum atomic E-state index is -0.673. The van der Waals surface area contributed by atoms with Gasteiger partial charge in [0.2, 0.25) is 0 Å². The molecule has 0 fully saturated rings. The first-order chi connectivity index (χ1) is 9.79. The lowest BCUT2D eigenvalue weighted by atomic mass is 10.0. The predicted octanol–water partition coefficient (Wildman–Crippen LogP) is 2.92. The number of aromatic nitrogens is 3. The maximum Gasteiger partial charge on any atom is 0.108 e. The van der Waals surface area contributed by atoms with Crippen LogP contribution in [0.25, 0.3) is 10.9 Å². The van der Waals surface area contributed by atoms with Crippen molar-refractivity contribution in [2.24, 2.45) is 0 Å². The maximum atomic E-state index is 10.6. The first-order valence-corrected chi connectivity index (χ1v) is 6.83. The number of nitrogens with zero attached hydrogens (tertiary/aromatic N) is 3. The Morgan fingerprint density at radius 3 is 2.95 bits per heavy atom. The molecule has 4 nitrogen and oxygen atoms in total. The second-order valence-electron chi connectivity index (χ2n) is 4.86. The summed E-state index contributed by atoms with van der Waals surface area (Å²) in [4.78, 5) is 4.32. The van der Waals surface area contributed by atoms with Gasteiger partial charge in [0.15, 0.2) is 0 Å². The van der Waals surface area contributed by atoms with Crippen molar-refractivity contribution in [3.05, 3.63) is 60.0 Å². The lowest BCUT2D eigenvalue weighted by Gasteiger charge is -2.11. The molecule has 2 aromatic heterocycles. The Kier molecular flexibility index (Phi) is 3.48.